The van der Waals surface area contributed by atoms with Crippen LogP contribution in [0.2, 0.25) is 5.02 Å². The van der Waals surface area contributed by atoms with Gasteiger partial charge < -0.3 is 18.8 Å². The summed E-state index contributed by atoms with van der Waals surface area (Å²) in [6.07, 6.45) is 1.04. The largest absolute Gasteiger partial charge is 0.502 e. The lowest BCUT2D eigenvalue weighted by molar-refractivity contribution is -0.385. The Balaban J connectivity index is 1.34. The van der Waals surface area contributed by atoms with Gasteiger partial charge in [-0.1, -0.05) is 11.6 Å². The highest BCUT2D eigenvalue weighted by Gasteiger charge is 2.18. The third kappa shape index (κ3) is 5.39. The van der Waals surface area contributed by atoms with Crippen LogP contribution in [0.5, 0.6) is 11.5 Å². The van der Waals surface area contributed by atoms with E-state index in [2.05, 4.69) is 27.2 Å². The number of nitro benzene ring substituents is 1. The van der Waals surface area contributed by atoms with Crippen LogP contribution in [0.15, 0.2) is 70.2 Å². The van der Waals surface area contributed by atoms with Crippen molar-refractivity contribution in [2.45, 2.75) is 20.5 Å². The molecule has 0 aliphatic carbocycles. The molecule has 0 bridgehead atoms. The number of carbonyl (C=O) groups excluding carboxylic acids is 1. The summed E-state index contributed by atoms with van der Waals surface area (Å²) < 4.78 is 13.4. The fourth-order valence-corrected chi connectivity index (χ4v) is 3.78. The summed E-state index contributed by atoms with van der Waals surface area (Å²) in [4.78, 5) is 22.5. The molecule has 2 aromatic carbocycles. The van der Waals surface area contributed by atoms with Crippen LogP contribution in [0, 0.1) is 24.0 Å². The number of phenolic OH excluding ortho intramolecular Hbond substituents is 1. The SMILES string of the molecule is Cc1ccc(C)n1-c1ccc(OCc2ccc(C(=O)N/N=C/c3cc(Cl)cc([N+](=O)[O-])c3O)o2)cc1. The van der Waals surface area contributed by atoms with Gasteiger partial charge in [0.1, 0.15) is 18.1 Å². The number of hydrogen-bond donors (Lipinski definition) is 2. The van der Waals surface area contributed by atoms with E-state index in [0.29, 0.717) is 11.5 Å². The monoisotopic (exact) mass is 508 g/mol. The number of carbonyl (C=O) groups is 1. The number of furan rings is 1. The van der Waals surface area contributed by atoms with E-state index < -0.39 is 22.3 Å². The van der Waals surface area contributed by atoms with Gasteiger partial charge in [0.2, 0.25) is 5.75 Å². The molecule has 10 nitrogen and oxygen atoms in total. The van der Waals surface area contributed by atoms with Crippen molar-refractivity contribution in [2.24, 2.45) is 5.10 Å². The first kappa shape index (κ1) is 24.6. The number of amides is 1. The Morgan fingerprint density at radius 1 is 1.17 bits per heavy atom. The molecule has 0 saturated carbocycles. The van der Waals surface area contributed by atoms with Gasteiger partial charge in [-0.15, -0.1) is 0 Å². The minimum absolute atomic E-state index is 0.0130. The highest BCUT2D eigenvalue weighted by atomic mass is 35.5. The number of rotatable bonds is 8. The molecule has 4 rings (SSSR count). The number of aromatic hydroxyl groups is 1. The van der Waals surface area contributed by atoms with Crippen LogP contribution in [-0.4, -0.2) is 26.7 Å². The second-order valence-electron chi connectivity index (χ2n) is 7.82. The van der Waals surface area contributed by atoms with Crippen molar-refractivity contribution in [2.75, 3.05) is 0 Å². The number of nitro groups is 1. The molecule has 0 saturated heterocycles. The summed E-state index contributed by atoms with van der Waals surface area (Å²) in [5.74, 6) is -0.222. The zero-order valence-corrected chi connectivity index (χ0v) is 20.0. The lowest BCUT2D eigenvalue weighted by atomic mass is 10.2. The van der Waals surface area contributed by atoms with E-state index in [1.165, 1.54) is 12.1 Å². The van der Waals surface area contributed by atoms with Gasteiger partial charge >= 0.3 is 11.6 Å². The van der Waals surface area contributed by atoms with Crippen LogP contribution in [0.4, 0.5) is 5.69 Å². The average Bonchev–Trinajstić information content (AvgIpc) is 3.46. The minimum atomic E-state index is -0.776. The summed E-state index contributed by atoms with van der Waals surface area (Å²) in [5, 5.41) is 24.7. The lowest BCUT2D eigenvalue weighted by Crippen LogP contribution is -2.16. The van der Waals surface area contributed by atoms with Crippen molar-refractivity contribution in [3.8, 4) is 17.2 Å². The number of nitrogens with zero attached hydrogens (tertiary/aromatic N) is 3. The minimum Gasteiger partial charge on any atom is -0.502 e. The predicted molar refractivity (Wildman–Crippen MR) is 133 cm³/mol. The molecular weight excluding hydrogens is 488 g/mol. The van der Waals surface area contributed by atoms with E-state index >= 15 is 0 Å². The number of aromatic nitrogens is 1. The molecule has 36 heavy (non-hydrogen) atoms. The summed E-state index contributed by atoms with van der Waals surface area (Å²) in [6.45, 7) is 4.19. The van der Waals surface area contributed by atoms with Gasteiger partial charge in [-0.2, -0.15) is 5.10 Å². The maximum atomic E-state index is 12.3. The van der Waals surface area contributed by atoms with Crippen LogP contribution in [0.3, 0.4) is 0 Å². The smallest absolute Gasteiger partial charge is 0.312 e. The highest BCUT2D eigenvalue weighted by molar-refractivity contribution is 6.31. The van der Waals surface area contributed by atoms with Gasteiger partial charge in [0, 0.05) is 33.7 Å². The molecule has 184 valence electrons. The van der Waals surface area contributed by atoms with Crippen molar-refractivity contribution in [1.82, 2.24) is 9.99 Å². The molecule has 4 aromatic rings. The fraction of sp³-hybridized carbons (Fsp3) is 0.120. The summed E-state index contributed by atoms with van der Waals surface area (Å²) >= 11 is 5.83. The number of hydrazone groups is 1. The maximum absolute atomic E-state index is 12.3. The van der Waals surface area contributed by atoms with Crippen molar-refractivity contribution < 1.29 is 24.0 Å². The third-order valence-corrected chi connectivity index (χ3v) is 5.50. The molecule has 0 spiro atoms. The molecule has 2 heterocycles. The molecule has 0 radical (unpaired) electrons. The normalized spacial score (nSPS) is 11.1. The quantitative estimate of drug-likeness (QED) is 0.188. The van der Waals surface area contributed by atoms with Crippen molar-refractivity contribution in [1.29, 1.82) is 0 Å². The van der Waals surface area contributed by atoms with Crippen molar-refractivity contribution in [3.63, 3.8) is 0 Å². The molecule has 2 aromatic heterocycles. The Morgan fingerprint density at radius 3 is 2.53 bits per heavy atom. The Bertz CT molecular complexity index is 1440. The molecule has 11 heteroatoms. The average molecular weight is 509 g/mol. The molecule has 2 N–H and O–H groups in total. The molecule has 1 amide bonds. The predicted octanol–water partition coefficient (Wildman–Crippen LogP) is 5.30. The molecule has 0 unspecified atom stereocenters. The number of halogens is 1. The second kappa shape index (κ2) is 10.4. The van der Waals surface area contributed by atoms with Gasteiger partial charge in [-0.3, -0.25) is 14.9 Å². The van der Waals surface area contributed by atoms with Crippen LogP contribution >= 0.6 is 11.6 Å². The second-order valence-corrected chi connectivity index (χ2v) is 8.26. The van der Waals surface area contributed by atoms with Crippen LogP contribution in [0.1, 0.15) is 33.3 Å². The van der Waals surface area contributed by atoms with E-state index in [9.17, 15) is 20.0 Å². The third-order valence-electron chi connectivity index (χ3n) is 5.28. The molecule has 0 aliphatic heterocycles. The van der Waals surface area contributed by atoms with Gasteiger partial charge in [0.25, 0.3) is 0 Å². The van der Waals surface area contributed by atoms with Crippen molar-refractivity contribution >= 4 is 29.4 Å². The maximum Gasteiger partial charge on any atom is 0.312 e. The van der Waals surface area contributed by atoms with E-state index in [0.717, 1.165) is 29.4 Å². The number of phenols is 1. The van der Waals surface area contributed by atoms with Gasteiger partial charge in [-0.25, -0.2) is 5.43 Å². The van der Waals surface area contributed by atoms with Crippen LogP contribution < -0.4 is 10.2 Å². The Hall–Kier alpha value is -4.57. The Labute approximate surface area is 210 Å². The first-order valence-corrected chi connectivity index (χ1v) is 11.1. The lowest BCUT2D eigenvalue weighted by Gasteiger charge is -2.10. The van der Waals surface area contributed by atoms with Crippen molar-refractivity contribution in [3.05, 3.63) is 104 Å². The van der Waals surface area contributed by atoms with Gasteiger partial charge in [0.05, 0.1) is 11.1 Å². The highest BCUT2D eigenvalue weighted by Crippen LogP contribution is 2.32. The zero-order chi connectivity index (χ0) is 25.8. The van der Waals surface area contributed by atoms with Gasteiger partial charge in [-0.05, 0) is 68.4 Å². The summed E-state index contributed by atoms with van der Waals surface area (Å²) in [6, 6.07) is 17.1. The first-order chi connectivity index (χ1) is 17.2. The summed E-state index contributed by atoms with van der Waals surface area (Å²) in [5.41, 5.74) is 4.92. The number of ether oxygens (including phenoxy) is 1. The molecule has 0 aliphatic rings. The first-order valence-electron chi connectivity index (χ1n) is 10.7. The van der Waals surface area contributed by atoms with Crippen LogP contribution in [-0.2, 0) is 6.61 Å². The molecular formula is C25H21ClN4O6. The van der Waals surface area contributed by atoms with E-state index in [1.54, 1.807) is 6.07 Å². The Morgan fingerprint density at radius 2 is 1.86 bits per heavy atom. The molecule has 0 fully saturated rings. The number of hydrogen-bond acceptors (Lipinski definition) is 7. The number of nitrogens with one attached hydrogen (secondary N) is 1. The topological polar surface area (TPSA) is 132 Å². The molecule has 0 atom stereocenters. The number of benzene rings is 2. The zero-order valence-electron chi connectivity index (χ0n) is 19.3. The number of aryl methyl sites for hydroxylation is 2. The van der Waals surface area contributed by atoms with E-state index in [4.69, 9.17) is 20.8 Å². The van der Waals surface area contributed by atoms with E-state index in [1.807, 2.05) is 38.1 Å². The Kier molecular flexibility index (Phi) is 7.07. The summed E-state index contributed by atoms with van der Waals surface area (Å²) in [7, 11) is 0. The van der Waals surface area contributed by atoms with Gasteiger partial charge in [0.15, 0.2) is 5.76 Å². The fourth-order valence-electron chi connectivity index (χ4n) is 3.56. The van der Waals surface area contributed by atoms with E-state index in [-0.39, 0.29) is 23.0 Å². The van der Waals surface area contributed by atoms with Crippen LogP contribution in [0.25, 0.3) is 5.69 Å². The standard InChI is InChI=1S/C25H21ClN4O6/c1-15-3-4-16(2)29(15)19-5-7-20(8-6-19)35-14-21-9-10-23(36-21)25(32)28-27-13-17-11-18(26)12-22(24(17)31)30(33)34/h3-13,31H,14H2,1-2H3,(H,28,32)/b27-13+.